The van der Waals surface area contributed by atoms with Gasteiger partial charge in [-0.3, -0.25) is 9.69 Å². The summed E-state index contributed by atoms with van der Waals surface area (Å²) in [7, 11) is 2.00. The average molecular weight is 153 g/mol. The van der Waals surface area contributed by atoms with E-state index in [1.165, 1.54) is 0 Å². The summed E-state index contributed by atoms with van der Waals surface area (Å²) in [6.45, 7) is 6.40. The highest BCUT2D eigenvalue weighted by Gasteiger charge is 2.32. The Morgan fingerprint density at radius 1 is 1.73 bits per heavy atom. The van der Waals surface area contributed by atoms with Crippen LogP contribution < -0.4 is 0 Å². The minimum absolute atomic E-state index is 0.0903. The van der Waals surface area contributed by atoms with Gasteiger partial charge in [-0.2, -0.15) is 0 Å². The highest BCUT2D eigenvalue weighted by molar-refractivity contribution is 5.82. The number of hydrogen-bond acceptors (Lipinski definition) is 2. The molecule has 1 aliphatic heterocycles. The first-order valence-electron chi connectivity index (χ1n) is 4.00. The first kappa shape index (κ1) is 8.47. The number of rotatable bonds is 2. The van der Waals surface area contributed by atoms with Crippen molar-refractivity contribution in [3.05, 3.63) is 12.7 Å². The minimum atomic E-state index is 0.0903. The van der Waals surface area contributed by atoms with Crippen molar-refractivity contribution in [3.63, 3.8) is 0 Å². The molecule has 0 bridgehead atoms. The summed E-state index contributed by atoms with van der Waals surface area (Å²) in [6.07, 6.45) is 2.97. The molecule has 0 radical (unpaired) electrons. The van der Waals surface area contributed by atoms with Crippen LogP contribution in [0.1, 0.15) is 13.3 Å². The number of Topliss-reactive ketones (excluding diaryl/α,β-unsaturated/α-hetero) is 1. The van der Waals surface area contributed by atoms with Gasteiger partial charge in [-0.1, -0.05) is 6.08 Å². The van der Waals surface area contributed by atoms with Crippen LogP contribution in [0.2, 0.25) is 0 Å². The van der Waals surface area contributed by atoms with E-state index >= 15 is 0 Å². The number of likely N-dealkylation sites (tertiary alicyclic amines) is 1. The van der Waals surface area contributed by atoms with E-state index in [9.17, 15) is 4.79 Å². The van der Waals surface area contributed by atoms with E-state index in [0.29, 0.717) is 5.92 Å². The zero-order chi connectivity index (χ0) is 8.43. The molecule has 2 atom stereocenters. The second kappa shape index (κ2) is 3.18. The highest BCUT2D eigenvalue weighted by atomic mass is 16.1. The molecule has 0 spiro atoms. The molecule has 11 heavy (non-hydrogen) atoms. The Labute approximate surface area is 67.9 Å². The molecule has 2 nitrogen and oxygen atoms in total. The summed E-state index contributed by atoms with van der Waals surface area (Å²) in [5.74, 6) is 0.632. The number of likely N-dealkylation sites (N-methyl/N-ethyl adjacent to an activating group) is 1. The van der Waals surface area contributed by atoms with Gasteiger partial charge in [0.25, 0.3) is 0 Å². The summed E-state index contributed by atoms with van der Waals surface area (Å²) in [6, 6.07) is 0.0903. The molecule has 0 amide bonds. The number of carbonyl (C=O) groups excluding carboxylic acids is 1. The molecular formula is C9H15NO. The highest BCUT2D eigenvalue weighted by Crippen LogP contribution is 2.23. The molecule has 0 aromatic rings. The van der Waals surface area contributed by atoms with Crippen molar-refractivity contribution in [2.24, 2.45) is 5.92 Å². The van der Waals surface area contributed by atoms with Gasteiger partial charge in [0.15, 0.2) is 0 Å². The summed E-state index contributed by atoms with van der Waals surface area (Å²) in [5, 5.41) is 0. The van der Waals surface area contributed by atoms with Crippen molar-refractivity contribution >= 4 is 5.78 Å². The van der Waals surface area contributed by atoms with Crippen LogP contribution >= 0.6 is 0 Å². The maximum atomic E-state index is 11.1. The zero-order valence-corrected chi connectivity index (χ0v) is 7.21. The van der Waals surface area contributed by atoms with Crippen LogP contribution in [0.3, 0.4) is 0 Å². The monoisotopic (exact) mass is 153 g/mol. The van der Waals surface area contributed by atoms with E-state index in [4.69, 9.17) is 0 Å². The topological polar surface area (TPSA) is 20.3 Å². The molecule has 1 saturated heterocycles. The molecule has 1 rings (SSSR count). The fourth-order valence-electron chi connectivity index (χ4n) is 1.84. The minimum Gasteiger partial charge on any atom is -0.298 e. The van der Waals surface area contributed by atoms with Crippen molar-refractivity contribution in [1.82, 2.24) is 4.90 Å². The summed E-state index contributed by atoms with van der Waals surface area (Å²) in [4.78, 5) is 13.2. The van der Waals surface area contributed by atoms with E-state index in [0.717, 1.165) is 13.0 Å². The Morgan fingerprint density at radius 2 is 2.36 bits per heavy atom. The standard InChI is InChI=1S/C9H15NO/c1-4-8-5-6-10(3)9(8)7(2)11/h4,8-9H,1,5-6H2,2-3H3. The van der Waals surface area contributed by atoms with Crippen LogP contribution in [0.25, 0.3) is 0 Å². The van der Waals surface area contributed by atoms with Crippen LogP contribution in [0.15, 0.2) is 12.7 Å². The number of ketones is 1. The molecule has 1 fully saturated rings. The van der Waals surface area contributed by atoms with Crippen LogP contribution in [0.4, 0.5) is 0 Å². The van der Waals surface area contributed by atoms with E-state index in [-0.39, 0.29) is 11.8 Å². The smallest absolute Gasteiger partial charge is 0.147 e. The van der Waals surface area contributed by atoms with Crippen molar-refractivity contribution in [2.45, 2.75) is 19.4 Å². The van der Waals surface area contributed by atoms with Crippen molar-refractivity contribution in [3.8, 4) is 0 Å². The summed E-state index contributed by atoms with van der Waals surface area (Å²) in [5.41, 5.74) is 0. The molecular weight excluding hydrogens is 138 g/mol. The average Bonchev–Trinajstić information content (AvgIpc) is 2.30. The molecule has 2 unspecified atom stereocenters. The number of nitrogens with zero attached hydrogens (tertiary/aromatic N) is 1. The zero-order valence-electron chi connectivity index (χ0n) is 7.21. The molecule has 0 saturated carbocycles. The Hall–Kier alpha value is -0.630. The SMILES string of the molecule is C=CC1CCN(C)C1C(C)=O. The summed E-state index contributed by atoms with van der Waals surface area (Å²) >= 11 is 0. The third kappa shape index (κ3) is 1.51. The van der Waals surface area contributed by atoms with Gasteiger partial charge in [0.2, 0.25) is 0 Å². The van der Waals surface area contributed by atoms with Gasteiger partial charge in [-0.15, -0.1) is 6.58 Å². The lowest BCUT2D eigenvalue weighted by atomic mass is 9.98. The van der Waals surface area contributed by atoms with Crippen molar-refractivity contribution in [2.75, 3.05) is 13.6 Å². The van der Waals surface area contributed by atoms with Crippen LogP contribution in [-0.4, -0.2) is 30.3 Å². The molecule has 0 aliphatic carbocycles. The molecule has 0 aromatic carbocycles. The van der Waals surface area contributed by atoms with Crippen LogP contribution in [0.5, 0.6) is 0 Å². The van der Waals surface area contributed by atoms with Gasteiger partial charge in [-0.05, 0) is 26.9 Å². The predicted octanol–water partition coefficient (Wildman–Crippen LogP) is 1.08. The molecule has 1 aliphatic rings. The van der Waals surface area contributed by atoms with Gasteiger partial charge in [-0.25, -0.2) is 0 Å². The van der Waals surface area contributed by atoms with E-state index < -0.39 is 0 Å². The molecule has 62 valence electrons. The Balaban J connectivity index is 2.70. The fraction of sp³-hybridized carbons (Fsp3) is 0.667. The maximum absolute atomic E-state index is 11.1. The van der Waals surface area contributed by atoms with E-state index in [1.807, 2.05) is 13.1 Å². The van der Waals surface area contributed by atoms with Gasteiger partial charge in [0.1, 0.15) is 5.78 Å². The maximum Gasteiger partial charge on any atom is 0.147 e. The lowest BCUT2D eigenvalue weighted by molar-refractivity contribution is -0.121. The number of hydrogen-bond donors (Lipinski definition) is 0. The normalized spacial score (nSPS) is 32.2. The van der Waals surface area contributed by atoms with Crippen molar-refractivity contribution in [1.29, 1.82) is 0 Å². The van der Waals surface area contributed by atoms with Crippen molar-refractivity contribution < 1.29 is 4.79 Å². The van der Waals surface area contributed by atoms with Gasteiger partial charge in [0, 0.05) is 5.92 Å². The molecule has 2 heteroatoms. The largest absolute Gasteiger partial charge is 0.298 e. The van der Waals surface area contributed by atoms with E-state index in [2.05, 4.69) is 11.5 Å². The lowest BCUT2D eigenvalue weighted by Crippen LogP contribution is -2.34. The Kier molecular flexibility index (Phi) is 2.45. The molecule has 0 N–H and O–H groups in total. The first-order valence-corrected chi connectivity index (χ1v) is 4.00. The van der Waals surface area contributed by atoms with Gasteiger partial charge in [0.05, 0.1) is 6.04 Å². The quantitative estimate of drug-likeness (QED) is 0.553. The molecule has 1 heterocycles. The third-order valence-corrected chi connectivity index (χ3v) is 2.41. The van der Waals surface area contributed by atoms with Crippen LogP contribution in [-0.2, 0) is 4.79 Å². The number of carbonyl (C=O) groups is 1. The fourth-order valence-corrected chi connectivity index (χ4v) is 1.84. The summed E-state index contributed by atoms with van der Waals surface area (Å²) < 4.78 is 0. The van der Waals surface area contributed by atoms with Gasteiger partial charge >= 0.3 is 0 Å². The third-order valence-electron chi connectivity index (χ3n) is 2.41. The first-order chi connectivity index (χ1) is 5.16. The van der Waals surface area contributed by atoms with Gasteiger partial charge < -0.3 is 0 Å². The second-order valence-corrected chi connectivity index (χ2v) is 3.22. The Morgan fingerprint density at radius 3 is 2.73 bits per heavy atom. The second-order valence-electron chi connectivity index (χ2n) is 3.22. The predicted molar refractivity (Wildman–Crippen MR) is 45.4 cm³/mol. The van der Waals surface area contributed by atoms with E-state index in [1.54, 1.807) is 6.92 Å². The van der Waals surface area contributed by atoms with Crippen LogP contribution in [0, 0.1) is 5.92 Å². The lowest BCUT2D eigenvalue weighted by Gasteiger charge is -2.19. The molecule has 0 aromatic heterocycles. The Bertz CT molecular complexity index is 176.